The van der Waals surface area contributed by atoms with Crippen molar-refractivity contribution in [1.29, 1.82) is 0 Å². The van der Waals surface area contributed by atoms with Crippen LogP contribution in [0.5, 0.6) is 0 Å². The zero-order valence-corrected chi connectivity index (χ0v) is 13.4. The highest BCUT2D eigenvalue weighted by Gasteiger charge is 2.09. The van der Waals surface area contributed by atoms with Gasteiger partial charge in [-0.15, -0.1) is 0 Å². The minimum absolute atomic E-state index is 0.173. The lowest BCUT2D eigenvalue weighted by Gasteiger charge is -2.14. The molecule has 0 atom stereocenters. The van der Waals surface area contributed by atoms with Gasteiger partial charge in [0.2, 0.25) is 0 Å². The highest BCUT2D eigenvalue weighted by atomic mass is 16.5. The van der Waals surface area contributed by atoms with Crippen LogP contribution in [0.3, 0.4) is 0 Å². The molecule has 0 aliphatic rings. The SMILES string of the molecule is Cc1ccccc1C(=CCOCCCO)c1ccccc1C. The Hall–Kier alpha value is -1.90. The van der Waals surface area contributed by atoms with Crippen molar-refractivity contribution in [2.45, 2.75) is 20.3 Å². The molecule has 2 aromatic rings. The van der Waals surface area contributed by atoms with E-state index in [1.807, 2.05) is 0 Å². The Morgan fingerprint density at radius 3 is 2.00 bits per heavy atom. The maximum absolute atomic E-state index is 8.81. The molecule has 2 heteroatoms. The van der Waals surface area contributed by atoms with E-state index in [0.717, 1.165) is 0 Å². The summed E-state index contributed by atoms with van der Waals surface area (Å²) in [6, 6.07) is 16.8. The molecule has 0 aliphatic heterocycles. The van der Waals surface area contributed by atoms with Crippen molar-refractivity contribution in [1.82, 2.24) is 0 Å². The Balaban J connectivity index is 2.31. The van der Waals surface area contributed by atoms with Gasteiger partial charge in [-0.1, -0.05) is 54.6 Å². The van der Waals surface area contributed by atoms with Gasteiger partial charge in [0.1, 0.15) is 0 Å². The summed E-state index contributed by atoms with van der Waals surface area (Å²) in [5, 5.41) is 8.81. The first-order valence-electron chi connectivity index (χ1n) is 7.75. The topological polar surface area (TPSA) is 29.5 Å². The third-order valence-electron chi connectivity index (χ3n) is 3.72. The van der Waals surface area contributed by atoms with Gasteiger partial charge in [0.15, 0.2) is 0 Å². The van der Waals surface area contributed by atoms with E-state index < -0.39 is 0 Å². The standard InChI is InChI=1S/C20H24O2/c1-16-8-3-5-10-18(16)20(12-15-22-14-7-13-21)19-11-6-4-9-17(19)2/h3-6,8-12,21H,7,13-15H2,1-2H3. The number of hydrogen-bond donors (Lipinski definition) is 1. The first kappa shape index (κ1) is 16.5. The molecule has 22 heavy (non-hydrogen) atoms. The molecule has 0 saturated carbocycles. The van der Waals surface area contributed by atoms with E-state index in [1.165, 1.54) is 27.8 Å². The van der Waals surface area contributed by atoms with Crippen LogP contribution in [0, 0.1) is 13.8 Å². The van der Waals surface area contributed by atoms with Crippen LogP contribution in [-0.4, -0.2) is 24.9 Å². The molecule has 116 valence electrons. The Labute approximate surface area is 133 Å². The molecule has 0 aromatic heterocycles. The maximum atomic E-state index is 8.81. The second-order valence-electron chi connectivity index (χ2n) is 5.40. The molecule has 2 aromatic carbocycles. The molecule has 2 nitrogen and oxygen atoms in total. The van der Waals surface area contributed by atoms with E-state index in [0.29, 0.717) is 19.6 Å². The fraction of sp³-hybridized carbons (Fsp3) is 0.300. The predicted molar refractivity (Wildman–Crippen MR) is 92.0 cm³/mol. The molecule has 1 N–H and O–H groups in total. The Morgan fingerprint density at radius 2 is 1.50 bits per heavy atom. The quantitative estimate of drug-likeness (QED) is 0.778. The summed E-state index contributed by atoms with van der Waals surface area (Å²) in [5.41, 5.74) is 6.20. The van der Waals surface area contributed by atoms with E-state index >= 15 is 0 Å². The van der Waals surface area contributed by atoms with Crippen LogP contribution in [0.2, 0.25) is 0 Å². The molecule has 2 rings (SSSR count). The van der Waals surface area contributed by atoms with Crippen molar-refractivity contribution >= 4 is 5.57 Å². The van der Waals surface area contributed by atoms with Crippen LogP contribution in [0.15, 0.2) is 54.6 Å². The van der Waals surface area contributed by atoms with Gasteiger partial charge in [0, 0.05) is 13.2 Å². The Morgan fingerprint density at radius 1 is 0.955 bits per heavy atom. The zero-order chi connectivity index (χ0) is 15.8. The lowest BCUT2D eigenvalue weighted by Crippen LogP contribution is -2.00. The number of aliphatic hydroxyl groups excluding tert-OH is 1. The molecule has 0 spiro atoms. The van der Waals surface area contributed by atoms with Crippen molar-refractivity contribution in [3.63, 3.8) is 0 Å². The summed E-state index contributed by atoms with van der Waals surface area (Å²) in [6.45, 7) is 5.58. The van der Waals surface area contributed by atoms with Gasteiger partial charge in [0.05, 0.1) is 6.61 Å². The smallest absolute Gasteiger partial charge is 0.0656 e. The van der Waals surface area contributed by atoms with Crippen LogP contribution in [0.1, 0.15) is 28.7 Å². The third-order valence-corrected chi connectivity index (χ3v) is 3.72. The third kappa shape index (κ3) is 4.30. The van der Waals surface area contributed by atoms with Crippen LogP contribution in [0.25, 0.3) is 5.57 Å². The lowest BCUT2D eigenvalue weighted by molar-refractivity contribution is 0.139. The highest BCUT2D eigenvalue weighted by molar-refractivity contribution is 5.82. The number of rotatable bonds is 7. The van der Waals surface area contributed by atoms with Crippen molar-refractivity contribution in [3.05, 3.63) is 76.9 Å². The second kappa shape index (κ2) is 8.52. The molecule has 0 bridgehead atoms. The Bertz CT molecular complexity index is 582. The zero-order valence-electron chi connectivity index (χ0n) is 13.4. The van der Waals surface area contributed by atoms with Gasteiger partial charge in [0.25, 0.3) is 0 Å². The van der Waals surface area contributed by atoms with Gasteiger partial charge in [-0.2, -0.15) is 0 Å². The van der Waals surface area contributed by atoms with Crippen molar-refractivity contribution < 1.29 is 9.84 Å². The van der Waals surface area contributed by atoms with Gasteiger partial charge in [-0.3, -0.25) is 0 Å². The van der Waals surface area contributed by atoms with Gasteiger partial charge in [-0.25, -0.2) is 0 Å². The largest absolute Gasteiger partial charge is 0.396 e. The van der Waals surface area contributed by atoms with E-state index in [1.54, 1.807) is 0 Å². The van der Waals surface area contributed by atoms with Crippen molar-refractivity contribution in [2.75, 3.05) is 19.8 Å². The normalized spacial score (nSPS) is 10.5. The van der Waals surface area contributed by atoms with Crippen LogP contribution < -0.4 is 0 Å². The van der Waals surface area contributed by atoms with E-state index in [9.17, 15) is 0 Å². The van der Waals surface area contributed by atoms with E-state index in [-0.39, 0.29) is 6.61 Å². The van der Waals surface area contributed by atoms with Crippen LogP contribution in [-0.2, 0) is 4.74 Å². The molecule has 0 fully saturated rings. The summed E-state index contributed by atoms with van der Waals surface area (Å²) in [5.74, 6) is 0. The highest BCUT2D eigenvalue weighted by Crippen LogP contribution is 2.28. The Kier molecular flexibility index (Phi) is 6.38. The summed E-state index contributed by atoms with van der Waals surface area (Å²) in [4.78, 5) is 0. The van der Waals surface area contributed by atoms with Crippen LogP contribution in [0.4, 0.5) is 0 Å². The van der Waals surface area contributed by atoms with E-state index in [2.05, 4.69) is 68.5 Å². The molecule has 0 heterocycles. The number of hydrogen-bond acceptors (Lipinski definition) is 2. The second-order valence-corrected chi connectivity index (χ2v) is 5.40. The van der Waals surface area contributed by atoms with Crippen molar-refractivity contribution in [2.24, 2.45) is 0 Å². The number of aryl methyl sites for hydroxylation is 2. The molecule has 0 amide bonds. The monoisotopic (exact) mass is 296 g/mol. The first-order valence-corrected chi connectivity index (χ1v) is 7.75. The summed E-state index contributed by atoms with van der Waals surface area (Å²) < 4.78 is 5.59. The van der Waals surface area contributed by atoms with Gasteiger partial charge in [-0.05, 0) is 48.1 Å². The molecular formula is C20H24O2. The average molecular weight is 296 g/mol. The van der Waals surface area contributed by atoms with Gasteiger partial charge < -0.3 is 9.84 Å². The maximum Gasteiger partial charge on any atom is 0.0656 e. The summed E-state index contributed by atoms with van der Waals surface area (Å²) >= 11 is 0. The van der Waals surface area contributed by atoms with Gasteiger partial charge >= 0.3 is 0 Å². The molecule has 0 unspecified atom stereocenters. The summed E-state index contributed by atoms with van der Waals surface area (Å²) in [7, 11) is 0. The summed E-state index contributed by atoms with van der Waals surface area (Å²) in [6.07, 6.45) is 2.82. The predicted octanol–water partition coefficient (Wildman–Crippen LogP) is 4.13. The number of ether oxygens (including phenoxy) is 1. The van der Waals surface area contributed by atoms with Crippen molar-refractivity contribution in [3.8, 4) is 0 Å². The molecule has 0 aliphatic carbocycles. The molecule has 0 radical (unpaired) electrons. The minimum Gasteiger partial charge on any atom is -0.396 e. The van der Waals surface area contributed by atoms with E-state index in [4.69, 9.17) is 9.84 Å². The fourth-order valence-corrected chi connectivity index (χ4v) is 2.51. The first-order chi connectivity index (χ1) is 10.7. The lowest BCUT2D eigenvalue weighted by atomic mass is 9.91. The fourth-order valence-electron chi connectivity index (χ4n) is 2.51. The average Bonchev–Trinajstić information content (AvgIpc) is 2.53. The van der Waals surface area contributed by atoms with Crippen LogP contribution >= 0.6 is 0 Å². The number of benzene rings is 2. The number of aliphatic hydroxyl groups is 1. The minimum atomic E-state index is 0.173. The molecular weight excluding hydrogens is 272 g/mol. The molecule has 0 saturated heterocycles.